The van der Waals surface area contributed by atoms with E-state index >= 15 is 0 Å². The first-order chi connectivity index (χ1) is 9.78. The molecule has 1 fully saturated rings. The summed E-state index contributed by atoms with van der Waals surface area (Å²) in [6.45, 7) is 6.11. The summed E-state index contributed by atoms with van der Waals surface area (Å²) in [7, 11) is 0. The van der Waals surface area contributed by atoms with Gasteiger partial charge in [-0.1, -0.05) is 6.92 Å². The Hall–Kier alpha value is -1.24. The molecule has 0 bridgehead atoms. The molecule has 1 unspecified atom stereocenters. The average molecular weight is 292 g/mol. The number of hydrogen-bond donors (Lipinski definition) is 2. The van der Waals surface area contributed by atoms with Gasteiger partial charge < -0.3 is 10.3 Å². The number of hydrogen-bond acceptors (Lipinski definition) is 5. The Labute approximate surface area is 122 Å². The fourth-order valence-electron chi connectivity index (χ4n) is 2.91. The van der Waals surface area contributed by atoms with Crippen molar-refractivity contribution in [2.45, 2.75) is 32.4 Å². The second-order valence-corrected chi connectivity index (χ2v) is 6.12. The third-order valence-corrected chi connectivity index (χ3v) is 4.84. The number of likely N-dealkylation sites (tertiary alicyclic amines) is 1. The maximum Gasteiger partial charge on any atom is 0.268 e. The molecular formula is C14H20N4OS. The van der Waals surface area contributed by atoms with E-state index in [1.54, 1.807) is 0 Å². The maximum atomic E-state index is 11.9. The van der Waals surface area contributed by atoms with Gasteiger partial charge in [-0.15, -0.1) is 11.3 Å². The number of aromatic nitrogens is 2. The lowest BCUT2D eigenvalue weighted by atomic mass is 10.2. The topological polar surface area (TPSA) is 61.0 Å². The Balaban J connectivity index is 1.61. The smallest absolute Gasteiger partial charge is 0.268 e. The zero-order valence-corrected chi connectivity index (χ0v) is 12.5. The molecule has 0 aromatic carbocycles. The first kappa shape index (κ1) is 13.7. The standard InChI is InChI=1S/C14H20N4OS/c1-2-18-6-3-4-10(18)8-15-9-12-16-11-5-7-20-13(11)14(19)17-12/h5,7,10,15H,2-4,6,8-9H2,1H3,(H,16,17,19). The van der Waals surface area contributed by atoms with Crippen molar-refractivity contribution in [2.75, 3.05) is 19.6 Å². The molecule has 20 heavy (non-hydrogen) atoms. The van der Waals surface area contributed by atoms with E-state index in [9.17, 15) is 4.79 Å². The summed E-state index contributed by atoms with van der Waals surface area (Å²) in [6, 6.07) is 2.52. The lowest BCUT2D eigenvalue weighted by Crippen LogP contribution is -2.37. The summed E-state index contributed by atoms with van der Waals surface area (Å²) < 4.78 is 0.710. The second-order valence-electron chi connectivity index (χ2n) is 5.20. The molecule has 3 heterocycles. The highest BCUT2D eigenvalue weighted by Crippen LogP contribution is 2.16. The van der Waals surface area contributed by atoms with Crippen LogP contribution in [0.5, 0.6) is 0 Å². The van der Waals surface area contributed by atoms with E-state index in [0.717, 1.165) is 24.4 Å². The molecule has 2 aromatic heterocycles. The third kappa shape index (κ3) is 2.77. The number of rotatable bonds is 5. The van der Waals surface area contributed by atoms with Crippen LogP contribution < -0.4 is 10.9 Å². The number of nitrogens with zero attached hydrogens (tertiary/aromatic N) is 2. The van der Waals surface area contributed by atoms with Crippen LogP contribution in [0.25, 0.3) is 10.2 Å². The van der Waals surface area contributed by atoms with Crippen LogP contribution in [0.1, 0.15) is 25.6 Å². The summed E-state index contributed by atoms with van der Waals surface area (Å²) in [5, 5.41) is 5.33. The van der Waals surface area contributed by atoms with Gasteiger partial charge in [-0.3, -0.25) is 9.69 Å². The van der Waals surface area contributed by atoms with Crippen molar-refractivity contribution in [3.8, 4) is 0 Å². The summed E-state index contributed by atoms with van der Waals surface area (Å²) in [4.78, 5) is 21.7. The normalized spacial score (nSPS) is 19.9. The quantitative estimate of drug-likeness (QED) is 0.878. The van der Waals surface area contributed by atoms with Crippen LogP contribution in [0.15, 0.2) is 16.2 Å². The largest absolute Gasteiger partial charge is 0.308 e. The molecule has 0 aliphatic carbocycles. The summed E-state index contributed by atoms with van der Waals surface area (Å²) >= 11 is 1.44. The second kappa shape index (κ2) is 6.03. The van der Waals surface area contributed by atoms with Gasteiger partial charge in [0.15, 0.2) is 0 Å². The van der Waals surface area contributed by atoms with Crippen LogP contribution in [0.4, 0.5) is 0 Å². The number of thiophene rings is 1. The molecule has 0 saturated carbocycles. The van der Waals surface area contributed by atoms with Crippen LogP contribution in [0.3, 0.4) is 0 Å². The van der Waals surface area contributed by atoms with E-state index in [-0.39, 0.29) is 5.56 Å². The molecule has 3 rings (SSSR count). The maximum absolute atomic E-state index is 11.9. The van der Waals surface area contributed by atoms with Gasteiger partial charge in [0, 0.05) is 12.6 Å². The first-order valence-electron chi connectivity index (χ1n) is 7.19. The minimum absolute atomic E-state index is 0.0298. The van der Waals surface area contributed by atoms with Crippen molar-refractivity contribution >= 4 is 21.6 Å². The Morgan fingerprint density at radius 2 is 2.50 bits per heavy atom. The van der Waals surface area contributed by atoms with Crippen LogP contribution in [0.2, 0.25) is 0 Å². The monoisotopic (exact) mass is 292 g/mol. The van der Waals surface area contributed by atoms with Gasteiger partial charge in [0.2, 0.25) is 0 Å². The third-order valence-electron chi connectivity index (χ3n) is 3.94. The van der Waals surface area contributed by atoms with Gasteiger partial charge in [-0.05, 0) is 37.4 Å². The lowest BCUT2D eigenvalue weighted by Gasteiger charge is -2.22. The van der Waals surface area contributed by atoms with Gasteiger partial charge >= 0.3 is 0 Å². The molecule has 2 aromatic rings. The number of aromatic amines is 1. The molecule has 1 aliphatic heterocycles. The van der Waals surface area contributed by atoms with Crippen LogP contribution >= 0.6 is 11.3 Å². The van der Waals surface area contributed by atoms with E-state index in [1.165, 1.54) is 30.7 Å². The van der Waals surface area contributed by atoms with Crippen LogP contribution in [-0.2, 0) is 6.54 Å². The van der Waals surface area contributed by atoms with Crippen molar-refractivity contribution in [1.82, 2.24) is 20.2 Å². The van der Waals surface area contributed by atoms with E-state index in [1.807, 2.05) is 11.4 Å². The predicted molar refractivity (Wildman–Crippen MR) is 82.2 cm³/mol. The molecule has 6 heteroatoms. The first-order valence-corrected chi connectivity index (χ1v) is 8.07. The average Bonchev–Trinajstić information content (AvgIpc) is 3.07. The van der Waals surface area contributed by atoms with Crippen LogP contribution in [-0.4, -0.2) is 40.5 Å². The van der Waals surface area contributed by atoms with E-state index < -0.39 is 0 Å². The number of likely N-dealkylation sites (N-methyl/N-ethyl adjacent to an activating group) is 1. The van der Waals surface area contributed by atoms with E-state index in [2.05, 4.69) is 27.1 Å². The molecule has 108 valence electrons. The lowest BCUT2D eigenvalue weighted by molar-refractivity contribution is 0.259. The van der Waals surface area contributed by atoms with Gasteiger partial charge in [0.25, 0.3) is 5.56 Å². The van der Waals surface area contributed by atoms with Crippen molar-refractivity contribution < 1.29 is 0 Å². The number of fused-ring (bicyclic) bond motifs is 1. The van der Waals surface area contributed by atoms with Crippen LogP contribution in [0, 0.1) is 0 Å². The summed E-state index contributed by atoms with van der Waals surface area (Å²) in [5.41, 5.74) is 0.768. The fourth-order valence-corrected chi connectivity index (χ4v) is 3.63. The SMILES string of the molecule is CCN1CCCC1CNCc1nc2ccsc2c(=O)[nH]1. The minimum atomic E-state index is -0.0298. The molecule has 0 amide bonds. The minimum Gasteiger partial charge on any atom is -0.308 e. The van der Waals surface area contributed by atoms with Gasteiger partial charge in [-0.25, -0.2) is 4.98 Å². The van der Waals surface area contributed by atoms with Gasteiger partial charge in [0.1, 0.15) is 10.5 Å². The zero-order chi connectivity index (χ0) is 13.9. The van der Waals surface area contributed by atoms with Crippen molar-refractivity contribution in [1.29, 1.82) is 0 Å². The van der Waals surface area contributed by atoms with Gasteiger partial charge in [-0.2, -0.15) is 0 Å². The molecule has 1 aliphatic rings. The van der Waals surface area contributed by atoms with Gasteiger partial charge in [0.05, 0.1) is 12.1 Å². The fraction of sp³-hybridized carbons (Fsp3) is 0.571. The van der Waals surface area contributed by atoms with Crippen molar-refractivity contribution in [3.63, 3.8) is 0 Å². The molecule has 1 atom stereocenters. The molecule has 0 spiro atoms. The van der Waals surface area contributed by atoms with E-state index in [4.69, 9.17) is 0 Å². The molecule has 0 radical (unpaired) electrons. The zero-order valence-electron chi connectivity index (χ0n) is 11.7. The summed E-state index contributed by atoms with van der Waals surface area (Å²) in [5.74, 6) is 0.724. The molecule has 2 N–H and O–H groups in total. The van der Waals surface area contributed by atoms with Crippen molar-refractivity contribution in [2.24, 2.45) is 0 Å². The number of nitrogens with one attached hydrogen (secondary N) is 2. The number of H-pyrrole nitrogens is 1. The van der Waals surface area contributed by atoms with E-state index in [0.29, 0.717) is 17.3 Å². The molecular weight excluding hydrogens is 272 g/mol. The molecule has 1 saturated heterocycles. The Morgan fingerprint density at radius 1 is 1.60 bits per heavy atom. The van der Waals surface area contributed by atoms with Crippen molar-refractivity contribution in [3.05, 3.63) is 27.6 Å². The highest BCUT2D eigenvalue weighted by atomic mass is 32.1. The Bertz CT molecular complexity index is 635. The highest BCUT2D eigenvalue weighted by Gasteiger charge is 2.22. The predicted octanol–water partition coefficient (Wildman–Crippen LogP) is 1.56. The summed E-state index contributed by atoms with van der Waals surface area (Å²) in [6.07, 6.45) is 2.55. The molecule has 5 nitrogen and oxygen atoms in total. The highest BCUT2D eigenvalue weighted by molar-refractivity contribution is 7.17. The Kier molecular flexibility index (Phi) is 4.14. The Morgan fingerprint density at radius 3 is 3.35 bits per heavy atom.